The molecule has 0 spiro atoms. The van der Waals surface area contributed by atoms with Gasteiger partial charge in [-0.2, -0.15) is 0 Å². The number of hydrogen-bond donors (Lipinski definition) is 1. The van der Waals surface area contributed by atoms with Crippen molar-refractivity contribution in [3.63, 3.8) is 0 Å². The third-order valence-corrected chi connectivity index (χ3v) is 5.39. The van der Waals surface area contributed by atoms with Gasteiger partial charge in [-0.05, 0) is 48.5 Å². The van der Waals surface area contributed by atoms with Crippen LogP contribution in [0.3, 0.4) is 0 Å². The van der Waals surface area contributed by atoms with Crippen LogP contribution in [-0.2, 0) is 14.8 Å². The predicted octanol–water partition coefficient (Wildman–Crippen LogP) is 2.21. The Morgan fingerprint density at radius 3 is 2.15 bits per heavy atom. The minimum atomic E-state index is -3.51. The normalized spacial score (nSPS) is 11.4. The molecule has 0 saturated heterocycles. The summed E-state index contributed by atoms with van der Waals surface area (Å²) < 4.78 is 35.6. The summed E-state index contributed by atoms with van der Waals surface area (Å²) in [4.78, 5) is 12.4. The number of sulfonamides is 1. The second-order valence-electron chi connectivity index (χ2n) is 5.63. The van der Waals surface area contributed by atoms with E-state index in [1.54, 1.807) is 31.4 Å². The summed E-state index contributed by atoms with van der Waals surface area (Å²) in [6.45, 7) is 0.947. The topological polar surface area (TPSA) is 84.9 Å². The Morgan fingerprint density at radius 2 is 1.62 bits per heavy atom. The molecule has 0 heterocycles. The molecule has 8 heteroatoms. The summed E-state index contributed by atoms with van der Waals surface area (Å²) in [5, 5.41) is 2.75. The number of methoxy groups -OCH3 is 1. The lowest BCUT2D eigenvalue weighted by atomic mass is 10.2. The highest BCUT2D eigenvalue weighted by Crippen LogP contribution is 2.18. The van der Waals surface area contributed by atoms with Crippen molar-refractivity contribution in [1.82, 2.24) is 4.31 Å². The number of carbonyl (C=O) groups is 1. The Bertz CT molecular complexity index is 831. The molecule has 0 saturated carbocycles. The van der Waals surface area contributed by atoms with E-state index in [9.17, 15) is 13.2 Å². The molecule has 0 radical (unpaired) electrons. The van der Waals surface area contributed by atoms with E-state index in [1.165, 1.54) is 38.4 Å². The van der Waals surface area contributed by atoms with Crippen LogP contribution in [0.2, 0.25) is 0 Å². The minimum Gasteiger partial charge on any atom is -0.491 e. The van der Waals surface area contributed by atoms with E-state index in [-0.39, 0.29) is 10.8 Å². The number of amides is 1. The van der Waals surface area contributed by atoms with Crippen molar-refractivity contribution >= 4 is 21.6 Å². The molecule has 26 heavy (non-hydrogen) atoms. The molecule has 2 aromatic carbocycles. The van der Waals surface area contributed by atoms with Crippen LogP contribution in [0.4, 0.5) is 5.69 Å². The van der Waals surface area contributed by atoms with Crippen LogP contribution in [0, 0.1) is 0 Å². The Kier molecular flexibility index (Phi) is 6.73. The monoisotopic (exact) mass is 378 g/mol. The average molecular weight is 378 g/mol. The van der Waals surface area contributed by atoms with Crippen molar-refractivity contribution < 1.29 is 22.7 Å². The zero-order chi connectivity index (χ0) is 19.2. The largest absolute Gasteiger partial charge is 0.491 e. The fraction of sp³-hybridized carbons (Fsp3) is 0.278. The van der Waals surface area contributed by atoms with Gasteiger partial charge >= 0.3 is 0 Å². The number of hydrogen-bond acceptors (Lipinski definition) is 5. The molecule has 2 rings (SSSR count). The summed E-state index contributed by atoms with van der Waals surface area (Å²) in [5.74, 6) is 0.352. The standard InChI is InChI=1S/C18H22N2O5S/c1-20(2)26(22,23)17-10-4-14(5-11-17)18(21)19-15-6-8-16(9-7-15)25-13-12-24-3/h4-11H,12-13H2,1-3H3,(H,19,21). The van der Waals surface area contributed by atoms with Crippen molar-refractivity contribution in [3.8, 4) is 5.75 Å². The summed E-state index contributed by atoms with van der Waals surface area (Å²) in [7, 11) is 1.00. The molecule has 0 unspecified atom stereocenters. The molecule has 7 nitrogen and oxygen atoms in total. The van der Waals surface area contributed by atoms with Gasteiger partial charge in [-0.3, -0.25) is 4.79 Å². The lowest BCUT2D eigenvalue weighted by Gasteiger charge is -2.12. The van der Waals surface area contributed by atoms with Gasteiger partial charge in [0.1, 0.15) is 12.4 Å². The van der Waals surface area contributed by atoms with Crippen molar-refractivity contribution in [1.29, 1.82) is 0 Å². The van der Waals surface area contributed by atoms with Crippen LogP contribution in [0.5, 0.6) is 5.75 Å². The quantitative estimate of drug-likeness (QED) is 0.712. The van der Waals surface area contributed by atoms with Gasteiger partial charge in [0, 0.05) is 32.5 Å². The van der Waals surface area contributed by atoms with Gasteiger partial charge in [-0.1, -0.05) is 0 Å². The van der Waals surface area contributed by atoms with Gasteiger partial charge in [0.15, 0.2) is 0 Å². The molecule has 140 valence electrons. The fourth-order valence-electron chi connectivity index (χ4n) is 2.07. The van der Waals surface area contributed by atoms with Crippen molar-refractivity contribution in [2.75, 3.05) is 39.7 Å². The van der Waals surface area contributed by atoms with Crippen LogP contribution in [0.1, 0.15) is 10.4 Å². The maximum Gasteiger partial charge on any atom is 0.255 e. The molecule has 0 fully saturated rings. The van der Waals surface area contributed by atoms with Gasteiger partial charge in [0.2, 0.25) is 10.0 Å². The van der Waals surface area contributed by atoms with Crippen molar-refractivity contribution in [3.05, 3.63) is 54.1 Å². The van der Waals surface area contributed by atoms with E-state index in [1.807, 2.05) is 0 Å². The van der Waals surface area contributed by atoms with E-state index in [0.717, 1.165) is 4.31 Å². The Hall–Kier alpha value is -2.42. The molecule has 2 aromatic rings. The van der Waals surface area contributed by atoms with Crippen LogP contribution in [-0.4, -0.2) is 53.0 Å². The summed E-state index contributed by atoms with van der Waals surface area (Å²) in [6.07, 6.45) is 0. The van der Waals surface area contributed by atoms with Gasteiger partial charge in [0.25, 0.3) is 5.91 Å². The number of nitrogens with one attached hydrogen (secondary N) is 1. The summed E-state index contributed by atoms with van der Waals surface area (Å²) in [6, 6.07) is 12.7. The second kappa shape index (κ2) is 8.79. The molecule has 1 N–H and O–H groups in total. The number of ether oxygens (including phenoxy) is 2. The van der Waals surface area contributed by atoms with Gasteiger partial charge < -0.3 is 14.8 Å². The molecule has 1 amide bonds. The van der Waals surface area contributed by atoms with E-state index in [0.29, 0.717) is 30.2 Å². The first-order chi connectivity index (χ1) is 12.3. The second-order valence-corrected chi connectivity index (χ2v) is 7.78. The van der Waals surface area contributed by atoms with E-state index in [4.69, 9.17) is 9.47 Å². The maximum atomic E-state index is 12.3. The lowest BCUT2D eigenvalue weighted by Crippen LogP contribution is -2.22. The molecular formula is C18H22N2O5S. The molecule has 0 aliphatic carbocycles. The molecule has 0 aromatic heterocycles. The maximum absolute atomic E-state index is 12.3. The van der Waals surface area contributed by atoms with E-state index in [2.05, 4.69) is 5.32 Å². The van der Waals surface area contributed by atoms with Crippen LogP contribution < -0.4 is 10.1 Å². The van der Waals surface area contributed by atoms with E-state index < -0.39 is 10.0 Å². The molecule has 0 atom stereocenters. The SMILES string of the molecule is COCCOc1ccc(NC(=O)c2ccc(S(=O)(=O)N(C)C)cc2)cc1. The van der Waals surface area contributed by atoms with E-state index >= 15 is 0 Å². The van der Waals surface area contributed by atoms with Crippen LogP contribution in [0.25, 0.3) is 0 Å². The highest BCUT2D eigenvalue weighted by Gasteiger charge is 2.17. The van der Waals surface area contributed by atoms with Crippen molar-refractivity contribution in [2.45, 2.75) is 4.90 Å². The number of nitrogens with zero attached hydrogens (tertiary/aromatic N) is 1. The first-order valence-corrected chi connectivity index (χ1v) is 9.34. The van der Waals surface area contributed by atoms with Gasteiger partial charge in [-0.25, -0.2) is 12.7 Å². The highest BCUT2D eigenvalue weighted by molar-refractivity contribution is 7.89. The smallest absolute Gasteiger partial charge is 0.255 e. The summed E-state index contributed by atoms with van der Waals surface area (Å²) in [5.41, 5.74) is 0.974. The van der Waals surface area contributed by atoms with Gasteiger partial charge in [-0.15, -0.1) is 0 Å². The third-order valence-electron chi connectivity index (χ3n) is 3.56. The minimum absolute atomic E-state index is 0.136. The predicted molar refractivity (Wildman–Crippen MR) is 99.1 cm³/mol. The number of benzene rings is 2. The number of carbonyl (C=O) groups excluding carboxylic acids is 1. The van der Waals surface area contributed by atoms with Crippen LogP contribution in [0.15, 0.2) is 53.4 Å². The fourth-order valence-corrected chi connectivity index (χ4v) is 2.97. The first-order valence-electron chi connectivity index (χ1n) is 7.90. The number of rotatable bonds is 8. The molecular weight excluding hydrogens is 356 g/mol. The highest BCUT2D eigenvalue weighted by atomic mass is 32.2. The Balaban J connectivity index is 2.01. The average Bonchev–Trinajstić information content (AvgIpc) is 2.63. The third kappa shape index (κ3) is 5.04. The molecule has 0 bridgehead atoms. The first kappa shape index (κ1) is 19.9. The molecule has 0 aliphatic heterocycles. The zero-order valence-corrected chi connectivity index (χ0v) is 15.7. The zero-order valence-electron chi connectivity index (χ0n) is 14.9. The molecule has 0 aliphatic rings. The number of anilines is 1. The Labute approximate surface area is 153 Å². The summed E-state index contributed by atoms with van der Waals surface area (Å²) >= 11 is 0. The van der Waals surface area contributed by atoms with Crippen LogP contribution >= 0.6 is 0 Å². The van der Waals surface area contributed by atoms with Crippen molar-refractivity contribution in [2.24, 2.45) is 0 Å². The van der Waals surface area contributed by atoms with Gasteiger partial charge in [0.05, 0.1) is 11.5 Å². The Morgan fingerprint density at radius 1 is 1.00 bits per heavy atom. The lowest BCUT2D eigenvalue weighted by molar-refractivity contribution is 0.102.